The molecule has 0 saturated carbocycles. The standard InChI is InChI=1S/C18H20O2/c1-3-4-5-6-7-8-9-17(15-19)14-16-10-12-18(20-2)13-11-16/h1,10-14,19H,4-7,15H2,2H3/b17-14+. The number of aliphatic hydroxyl groups is 1. The van der Waals surface area contributed by atoms with Gasteiger partial charge in [-0.1, -0.05) is 24.0 Å². The van der Waals surface area contributed by atoms with Crippen molar-refractivity contribution in [3.05, 3.63) is 35.4 Å². The van der Waals surface area contributed by atoms with E-state index in [0.717, 1.165) is 37.0 Å². The molecule has 0 aliphatic carbocycles. The highest BCUT2D eigenvalue weighted by molar-refractivity contribution is 5.59. The Labute approximate surface area is 121 Å². The van der Waals surface area contributed by atoms with Gasteiger partial charge in [-0.25, -0.2) is 0 Å². The zero-order valence-corrected chi connectivity index (χ0v) is 11.9. The lowest BCUT2D eigenvalue weighted by atomic mass is 10.1. The molecule has 2 nitrogen and oxygen atoms in total. The molecule has 0 aliphatic rings. The average molecular weight is 268 g/mol. The Morgan fingerprint density at radius 3 is 2.55 bits per heavy atom. The molecule has 1 N–H and O–H groups in total. The molecule has 2 heteroatoms. The third kappa shape index (κ3) is 6.14. The largest absolute Gasteiger partial charge is 0.497 e. The van der Waals surface area contributed by atoms with E-state index in [0.29, 0.717) is 5.57 Å². The second-order valence-electron chi connectivity index (χ2n) is 4.31. The van der Waals surface area contributed by atoms with Crippen LogP contribution in [-0.4, -0.2) is 18.8 Å². The maximum Gasteiger partial charge on any atom is 0.118 e. The highest BCUT2D eigenvalue weighted by Crippen LogP contribution is 2.13. The van der Waals surface area contributed by atoms with Gasteiger partial charge in [-0.3, -0.25) is 0 Å². The molecule has 1 aromatic carbocycles. The molecule has 0 atom stereocenters. The molecule has 0 bridgehead atoms. The van der Waals surface area contributed by atoms with Crippen LogP contribution in [0.1, 0.15) is 31.2 Å². The zero-order chi connectivity index (χ0) is 14.6. The third-order valence-corrected chi connectivity index (χ3v) is 2.75. The summed E-state index contributed by atoms with van der Waals surface area (Å²) in [6, 6.07) is 7.63. The van der Waals surface area contributed by atoms with Gasteiger partial charge in [0.1, 0.15) is 5.75 Å². The quantitative estimate of drug-likeness (QED) is 0.634. The first-order valence-electron chi connectivity index (χ1n) is 6.68. The van der Waals surface area contributed by atoms with Crippen molar-refractivity contribution < 1.29 is 9.84 Å². The van der Waals surface area contributed by atoms with Gasteiger partial charge >= 0.3 is 0 Å². The fourth-order valence-electron chi connectivity index (χ4n) is 1.64. The molecule has 104 valence electrons. The van der Waals surface area contributed by atoms with Crippen LogP contribution in [0.15, 0.2) is 29.8 Å². The molecule has 0 aliphatic heterocycles. The Morgan fingerprint density at radius 2 is 1.95 bits per heavy atom. The van der Waals surface area contributed by atoms with E-state index in [1.807, 2.05) is 30.3 Å². The van der Waals surface area contributed by atoms with Crippen LogP contribution < -0.4 is 4.74 Å². The van der Waals surface area contributed by atoms with Crippen molar-refractivity contribution in [2.24, 2.45) is 0 Å². The first-order chi connectivity index (χ1) is 9.80. The summed E-state index contributed by atoms with van der Waals surface area (Å²) in [5.41, 5.74) is 1.71. The Bertz CT molecular complexity index is 521. The van der Waals surface area contributed by atoms with Crippen LogP contribution in [-0.2, 0) is 0 Å². The highest BCUT2D eigenvalue weighted by atomic mass is 16.5. The molecule has 0 heterocycles. The average Bonchev–Trinajstić information content (AvgIpc) is 2.50. The van der Waals surface area contributed by atoms with Crippen LogP contribution >= 0.6 is 0 Å². The van der Waals surface area contributed by atoms with E-state index >= 15 is 0 Å². The predicted molar refractivity (Wildman–Crippen MR) is 83.1 cm³/mol. The van der Waals surface area contributed by atoms with Gasteiger partial charge in [-0.05, 0) is 36.6 Å². The Balaban J connectivity index is 2.58. The predicted octanol–water partition coefficient (Wildman–Crippen LogP) is 3.27. The van der Waals surface area contributed by atoms with E-state index in [-0.39, 0.29) is 6.61 Å². The van der Waals surface area contributed by atoms with E-state index in [2.05, 4.69) is 17.8 Å². The second-order valence-corrected chi connectivity index (χ2v) is 4.31. The maximum absolute atomic E-state index is 9.31. The number of terminal acetylenes is 1. The van der Waals surface area contributed by atoms with Crippen molar-refractivity contribution in [2.75, 3.05) is 13.7 Å². The molecule has 0 fully saturated rings. The topological polar surface area (TPSA) is 29.5 Å². The van der Waals surface area contributed by atoms with Gasteiger partial charge in [0.05, 0.1) is 13.7 Å². The normalized spacial score (nSPS) is 10.3. The van der Waals surface area contributed by atoms with Gasteiger partial charge in [0.15, 0.2) is 0 Å². The van der Waals surface area contributed by atoms with Crippen LogP contribution in [0.25, 0.3) is 6.08 Å². The van der Waals surface area contributed by atoms with Crippen LogP contribution in [0.4, 0.5) is 0 Å². The van der Waals surface area contributed by atoms with Crippen molar-refractivity contribution in [3.8, 4) is 29.9 Å². The third-order valence-electron chi connectivity index (χ3n) is 2.75. The van der Waals surface area contributed by atoms with Gasteiger partial charge in [-0.2, -0.15) is 0 Å². The molecule has 0 amide bonds. The van der Waals surface area contributed by atoms with E-state index in [1.165, 1.54) is 0 Å². The number of benzene rings is 1. The number of hydrogen-bond donors (Lipinski definition) is 1. The van der Waals surface area contributed by atoms with E-state index in [1.54, 1.807) is 7.11 Å². The first-order valence-corrected chi connectivity index (χ1v) is 6.68. The van der Waals surface area contributed by atoms with E-state index < -0.39 is 0 Å². The molecular weight excluding hydrogens is 248 g/mol. The summed E-state index contributed by atoms with van der Waals surface area (Å²) in [6.07, 6.45) is 10.7. The zero-order valence-electron chi connectivity index (χ0n) is 11.9. The van der Waals surface area contributed by atoms with Crippen LogP contribution in [0.3, 0.4) is 0 Å². The number of hydrogen-bond acceptors (Lipinski definition) is 2. The lowest BCUT2D eigenvalue weighted by molar-refractivity contribution is 0.337. The smallest absolute Gasteiger partial charge is 0.118 e. The number of methoxy groups -OCH3 is 1. The SMILES string of the molecule is C#CCCCCC#C/C(=C\c1ccc(OC)cc1)CO. The number of rotatable bonds is 6. The first kappa shape index (κ1) is 15.9. The van der Waals surface area contributed by atoms with Crippen molar-refractivity contribution >= 4 is 6.08 Å². The lowest BCUT2D eigenvalue weighted by Gasteiger charge is -2.00. The summed E-state index contributed by atoms with van der Waals surface area (Å²) >= 11 is 0. The molecule has 1 aromatic rings. The number of ether oxygens (including phenoxy) is 1. The van der Waals surface area contributed by atoms with Crippen LogP contribution in [0, 0.1) is 24.2 Å². The van der Waals surface area contributed by atoms with Gasteiger partial charge in [-0.15, -0.1) is 12.3 Å². The van der Waals surface area contributed by atoms with Gasteiger partial charge in [0, 0.05) is 18.4 Å². The van der Waals surface area contributed by atoms with E-state index in [9.17, 15) is 5.11 Å². The minimum Gasteiger partial charge on any atom is -0.497 e. The van der Waals surface area contributed by atoms with Crippen LogP contribution in [0.5, 0.6) is 5.75 Å². The second kappa shape index (κ2) is 9.73. The minimum atomic E-state index is -0.0522. The lowest BCUT2D eigenvalue weighted by Crippen LogP contribution is -1.87. The Hall–Kier alpha value is -2.16. The number of aliphatic hydroxyl groups excluding tert-OH is 1. The minimum absolute atomic E-state index is 0.0522. The summed E-state index contributed by atoms with van der Waals surface area (Å²) < 4.78 is 5.10. The molecule has 0 saturated heterocycles. The fourth-order valence-corrected chi connectivity index (χ4v) is 1.64. The monoisotopic (exact) mass is 268 g/mol. The van der Waals surface area contributed by atoms with Gasteiger partial charge < -0.3 is 9.84 Å². The van der Waals surface area contributed by atoms with Crippen molar-refractivity contribution in [2.45, 2.75) is 25.7 Å². The molecule has 0 aromatic heterocycles. The summed E-state index contributed by atoms with van der Waals surface area (Å²) in [5.74, 6) is 9.49. The summed E-state index contributed by atoms with van der Waals surface area (Å²) in [7, 11) is 1.63. The molecule has 0 unspecified atom stereocenters. The molecule has 1 rings (SSSR count). The molecule has 20 heavy (non-hydrogen) atoms. The fraction of sp³-hybridized carbons (Fsp3) is 0.333. The maximum atomic E-state index is 9.31. The van der Waals surface area contributed by atoms with Gasteiger partial charge in [0.2, 0.25) is 0 Å². The number of unbranched alkanes of at least 4 members (excludes halogenated alkanes) is 3. The van der Waals surface area contributed by atoms with Crippen molar-refractivity contribution in [3.63, 3.8) is 0 Å². The van der Waals surface area contributed by atoms with Crippen molar-refractivity contribution in [1.82, 2.24) is 0 Å². The summed E-state index contributed by atoms with van der Waals surface area (Å²) in [4.78, 5) is 0. The van der Waals surface area contributed by atoms with Crippen LogP contribution in [0.2, 0.25) is 0 Å². The molecule has 0 radical (unpaired) electrons. The van der Waals surface area contributed by atoms with Gasteiger partial charge in [0.25, 0.3) is 0 Å². The Kier molecular flexibility index (Phi) is 7.73. The Morgan fingerprint density at radius 1 is 1.25 bits per heavy atom. The van der Waals surface area contributed by atoms with Crippen molar-refractivity contribution in [1.29, 1.82) is 0 Å². The summed E-state index contributed by atoms with van der Waals surface area (Å²) in [6.45, 7) is -0.0522. The van der Waals surface area contributed by atoms with E-state index in [4.69, 9.17) is 11.2 Å². The summed E-state index contributed by atoms with van der Waals surface area (Å²) in [5, 5.41) is 9.31. The highest BCUT2D eigenvalue weighted by Gasteiger charge is 1.94. The molecular formula is C18H20O2. The molecule has 0 spiro atoms.